The summed E-state index contributed by atoms with van der Waals surface area (Å²) in [4.78, 5) is 23.2. The van der Waals surface area contributed by atoms with Gasteiger partial charge in [0, 0.05) is 19.2 Å². The normalized spacial score (nSPS) is 10.9. The molecule has 31 heavy (non-hydrogen) atoms. The summed E-state index contributed by atoms with van der Waals surface area (Å²) in [7, 11) is -4.02. The second-order valence-electron chi connectivity index (χ2n) is 6.88. The molecule has 0 saturated carbocycles. The molecular weight excluding hydrogens is 414 g/mol. The van der Waals surface area contributed by atoms with Gasteiger partial charge in [-0.15, -0.1) is 0 Å². The topological polar surface area (TPSA) is 104 Å². The molecule has 0 unspecified atom stereocenters. The second-order valence-corrected chi connectivity index (χ2v) is 8.57. The summed E-state index contributed by atoms with van der Waals surface area (Å²) < 4.78 is 27.0. The molecule has 0 aliphatic carbocycles. The molecule has 0 aliphatic heterocycles. The highest BCUT2D eigenvalue weighted by atomic mass is 32.2. The van der Waals surface area contributed by atoms with Gasteiger partial charge in [0.1, 0.15) is 0 Å². The number of hydrogen-bond acceptors (Lipinski definition) is 4. The Morgan fingerprint density at radius 3 is 2.19 bits per heavy atom. The van der Waals surface area contributed by atoms with Gasteiger partial charge >= 0.3 is 6.03 Å². The molecule has 0 radical (unpaired) electrons. The van der Waals surface area contributed by atoms with Crippen LogP contribution < -0.4 is 15.4 Å². The molecule has 3 N–H and O–H groups in total. The van der Waals surface area contributed by atoms with E-state index in [-0.39, 0.29) is 10.8 Å². The van der Waals surface area contributed by atoms with Crippen molar-refractivity contribution in [1.29, 1.82) is 0 Å². The molecule has 0 aromatic heterocycles. The van der Waals surface area contributed by atoms with Crippen LogP contribution in [0.2, 0.25) is 0 Å². The number of benzene rings is 3. The van der Waals surface area contributed by atoms with Crippen molar-refractivity contribution in [2.45, 2.75) is 18.2 Å². The van der Waals surface area contributed by atoms with Gasteiger partial charge < -0.3 is 10.6 Å². The Bertz CT molecular complexity index is 1160. The van der Waals surface area contributed by atoms with E-state index in [2.05, 4.69) is 10.6 Å². The van der Waals surface area contributed by atoms with Crippen LogP contribution in [0.5, 0.6) is 0 Å². The molecule has 7 nitrogen and oxygen atoms in total. The Morgan fingerprint density at radius 2 is 1.52 bits per heavy atom. The fourth-order valence-corrected chi connectivity index (χ4v) is 3.87. The minimum atomic E-state index is -4.02. The number of urea groups is 1. The van der Waals surface area contributed by atoms with Crippen LogP contribution in [0.25, 0.3) is 11.1 Å². The molecule has 0 bridgehead atoms. The number of anilines is 1. The first-order chi connectivity index (χ1) is 14.8. The summed E-state index contributed by atoms with van der Waals surface area (Å²) in [6, 6.07) is 22.1. The Labute approximate surface area is 181 Å². The van der Waals surface area contributed by atoms with Gasteiger partial charge in [-0.3, -0.25) is 4.79 Å². The lowest BCUT2D eigenvalue weighted by Crippen LogP contribution is -2.34. The van der Waals surface area contributed by atoms with Crippen molar-refractivity contribution in [2.75, 3.05) is 11.9 Å². The van der Waals surface area contributed by atoms with Crippen molar-refractivity contribution in [3.63, 3.8) is 0 Å². The molecule has 8 heteroatoms. The largest absolute Gasteiger partial charge is 0.356 e. The molecule has 3 aromatic rings. The number of carbonyl (C=O) groups excluding carboxylic acids is 2. The average molecular weight is 438 g/mol. The van der Waals surface area contributed by atoms with Crippen LogP contribution in [-0.4, -0.2) is 26.9 Å². The van der Waals surface area contributed by atoms with Crippen molar-refractivity contribution in [3.8, 4) is 11.1 Å². The first-order valence-electron chi connectivity index (χ1n) is 9.66. The van der Waals surface area contributed by atoms with Crippen molar-refractivity contribution in [3.05, 3.63) is 84.4 Å². The molecular formula is C23H23N3O4S. The smallest absolute Gasteiger partial charge is 0.333 e. The van der Waals surface area contributed by atoms with Crippen molar-refractivity contribution >= 4 is 27.6 Å². The third-order valence-electron chi connectivity index (χ3n) is 4.48. The number of rotatable bonds is 7. The lowest BCUT2D eigenvalue weighted by atomic mass is 10.1. The Hall–Kier alpha value is -3.65. The van der Waals surface area contributed by atoms with E-state index in [1.165, 1.54) is 19.1 Å². The standard InChI is InChI=1S/C23H23N3O4S/c1-17(27)24-15-14-18-10-12-22(13-11-18)31(29,30)26-23(28)25-21-9-5-8-20(16-21)19-6-3-2-4-7-19/h2-13,16H,14-15H2,1H3,(H,24,27)(H2,25,26,28). The summed E-state index contributed by atoms with van der Waals surface area (Å²) in [5.74, 6) is -0.122. The van der Waals surface area contributed by atoms with Gasteiger partial charge in [-0.1, -0.05) is 54.6 Å². The highest BCUT2D eigenvalue weighted by Gasteiger charge is 2.17. The van der Waals surface area contributed by atoms with E-state index in [1.54, 1.807) is 30.3 Å². The number of nitrogens with one attached hydrogen (secondary N) is 3. The lowest BCUT2D eigenvalue weighted by Gasteiger charge is -2.10. The van der Waals surface area contributed by atoms with E-state index in [0.717, 1.165) is 16.7 Å². The Balaban J connectivity index is 1.63. The molecule has 3 rings (SSSR count). The van der Waals surface area contributed by atoms with Crippen molar-refractivity contribution in [1.82, 2.24) is 10.0 Å². The maximum atomic E-state index is 12.5. The second kappa shape index (κ2) is 9.90. The summed E-state index contributed by atoms with van der Waals surface area (Å²) in [6.07, 6.45) is 0.575. The van der Waals surface area contributed by atoms with E-state index in [1.807, 2.05) is 41.1 Å². The molecule has 0 spiro atoms. The minimum Gasteiger partial charge on any atom is -0.356 e. The minimum absolute atomic E-state index is 0.0241. The van der Waals surface area contributed by atoms with Crippen molar-refractivity contribution in [2.24, 2.45) is 0 Å². The summed E-state index contributed by atoms with van der Waals surface area (Å²) in [5.41, 5.74) is 3.23. The van der Waals surface area contributed by atoms with Crippen LogP contribution in [0.1, 0.15) is 12.5 Å². The SMILES string of the molecule is CC(=O)NCCc1ccc(S(=O)(=O)NC(=O)Nc2cccc(-c3ccccc3)c2)cc1. The van der Waals surface area contributed by atoms with Crippen LogP contribution in [-0.2, 0) is 21.2 Å². The highest BCUT2D eigenvalue weighted by Crippen LogP contribution is 2.22. The van der Waals surface area contributed by atoms with Gasteiger partial charge in [0.15, 0.2) is 0 Å². The van der Waals surface area contributed by atoms with Gasteiger partial charge in [-0.25, -0.2) is 17.9 Å². The van der Waals surface area contributed by atoms with Crippen LogP contribution in [0.4, 0.5) is 10.5 Å². The van der Waals surface area contributed by atoms with Crippen LogP contribution >= 0.6 is 0 Å². The summed E-state index contributed by atoms with van der Waals surface area (Å²) in [6.45, 7) is 1.90. The number of carbonyl (C=O) groups is 2. The zero-order valence-electron chi connectivity index (χ0n) is 17.0. The monoisotopic (exact) mass is 437 g/mol. The molecule has 160 valence electrons. The zero-order chi connectivity index (χ0) is 22.3. The maximum absolute atomic E-state index is 12.5. The third kappa shape index (κ3) is 6.42. The summed E-state index contributed by atoms with van der Waals surface area (Å²) in [5, 5.41) is 5.24. The molecule has 0 atom stereocenters. The quantitative estimate of drug-likeness (QED) is 0.526. The highest BCUT2D eigenvalue weighted by molar-refractivity contribution is 7.90. The van der Waals surface area contributed by atoms with Gasteiger partial charge in [-0.2, -0.15) is 0 Å². The Morgan fingerprint density at radius 1 is 0.839 bits per heavy atom. The Kier molecular flexibility index (Phi) is 7.04. The van der Waals surface area contributed by atoms with Gasteiger partial charge in [0.05, 0.1) is 4.90 Å². The predicted molar refractivity (Wildman–Crippen MR) is 120 cm³/mol. The zero-order valence-corrected chi connectivity index (χ0v) is 17.8. The number of amides is 3. The molecule has 0 heterocycles. The predicted octanol–water partition coefficient (Wildman–Crippen LogP) is 3.54. The van der Waals surface area contributed by atoms with Gasteiger partial charge in [0.25, 0.3) is 10.0 Å². The average Bonchev–Trinajstić information content (AvgIpc) is 2.74. The van der Waals surface area contributed by atoms with E-state index in [0.29, 0.717) is 18.7 Å². The molecule has 0 fully saturated rings. The maximum Gasteiger partial charge on any atom is 0.333 e. The number of sulfonamides is 1. The fourth-order valence-electron chi connectivity index (χ4n) is 2.96. The lowest BCUT2D eigenvalue weighted by molar-refractivity contribution is -0.118. The van der Waals surface area contributed by atoms with E-state index in [4.69, 9.17) is 0 Å². The van der Waals surface area contributed by atoms with Gasteiger partial charge in [0.2, 0.25) is 5.91 Å². The molecule has 3 aromatic carbocycles. The van der Waals surface area contributed by atoms with Crippen LogP contribution in [0.15, 0.2) is 83.8 Å². The number of hydrogen-bond donors (Lipinski definition) is 3. The van der Waals surface area contributed by atoms with Crippen LogP contribution in [0, 0.1) is 0 Å². The van der Waals surface area contributed by atoms with Gasteiger partial charge in [-0.05, 0) is 47.4 Å². The third-order valence-corrected chi connectivity index (χ3v) is 5.82. The molecule has 0 saturated heterocycles. The first-order valence-corrected chi connectivity index (χ1v) is 11.1. The van der Waals surface area contributed by atoms with E-state index in [9.17, 15) is 18.0 Å². The first kappa shape index (κ1) is 22.0. The van der Waals surface area contributed by atoms with E-state index >= 15 is 0 Å². The summed E-state index contributed by atoms with van der Waals surface area (Å²) >= 11 is 0. The molecule has 0 aliphatic rings. The van der Waals surface area contributed by atoms with Crippen molar-refractivity contribution < 1.29 is 18.0 Å². The van der Waals surface area contributed by atoms with E-state index < -0.39 is 16.1 Å². The fraction of sp³-hybridized carbons (Fsp3) is 0.130. The van der Waals surface area contributed by atoms with Crippen LogP contribution in [0.3, 0.4) is 0 Å². The molecule has 3 amide bonds.